The zero-order chi connectivity index (χ0) is 13.8. The van der Waals surface area contributed by atoms with E-state index in [1.54, 1.807) is 0 Å². The van der Waals surface area contributed by atoms with Crippen molar-refractivity contribution in [3.63, 3.8) is 0 Å². The average molecular weight is 279 g/mol. The molecule has 19 heavy (non-hydrogen) atoms. The first-order valence-electron chi connectivity index (χ1n) is 5.48. The number of carbonyl (C=O) groups is 1. The molecule has 1 aromatic carbocycles. The highest BCUT2D eigenvalue weighted by molar-refractivity contribution is 6.31. The third-order valence-electron chi connectivity index (χ3n) is 2.50. The summed E-state index contributed by atoms with van der Waals surface area (Å²) in [5.41, 5.74) is 1.01. The molecule has 0 aliphatic rings. The number of halogens is 1. The second kappa shape index (κ2) is 5.58. The molecule has 0 amide bonds. The third-order valence-corrected chi connectivity index (χ3v) is 2.76. The fraction of sp³-hybridized carbons (Fsp3) is 0.0769. The van der Waals surface area contributed by atoms with E-state index in [1.807, 2.05) is 30.3 Å². The van der Waals surface area contributed by atoms with Gasteiger partial charge in [-0.05, 0) is 11.6 Å². The second-order valence-electron chi connectivity index (χ2n) is 3.84. The van der Waals surface area contributed by atoms with Gasteiger partial charge in [0, 0.05) is 6.54 Å². The molecule has 0 radical (unpaired) electrons. The zero-order valence-corrected chi connectivity index (χ0v) is 10.6. The van der Waals surface area contributed by atoms with E-state index >= 15 is 0 Å². The second-order valence-corrected chi connectivity index (χ2v) is 4.20. The number of benzene rings is 1. The number of pyridine rings is 1. The maximum Gasteiger partial charge on any atom is 0.354 e. The van der Waals surface area contributed by atoms with E-state index in [4.69, 9.17) is 16.7 Å². The van der Waals surface area contributed by atoms with Crippen molar-refractivity contribution in [2.45, 2.75) is 6.54 Å². The number of nitrogens with one attached hydrogen (secondary N) is 1. The predicted molar refractivity (Wildman–Crippen MR) is 71.6 cm³/mol. The van der Waals surface area contributed by atoms with Gasteiger partial charge < -0.3 is 15.5 Å². The molecule has 2 rings (SSSR count). The minimum Gasteiger partial charge on any atom is -0.503 e. The Bertz CT molecular complexity index is 602. The van der Waals surface area contributed by atoms with Crippen molar-refractivity contribution in [2.75, 3.05) is 5.32 Å². The van der Waals surface area contributed by atoms with Crippen LogP contribution in [-0.4, -0.2) is 21.2 Å². The van der Waals surface area contributed by atoms with Gasteiger partial charge in [-0.2, -0.15) is 0 Å². The van der Waals surface area contributed by atoms with E-state index < -0.39 is 5.97 Å². The maximum atomic E-state index is 10.9. The minimum atomic E-state index is -1.20. The van der Waals surface area contributed by atoms with Crippen LogP contribution in [0.5, 0.6) is 5.75 Å². The lowest BCUT2D eigenvalue weighted by atomic mass is 10.2. The summed E-state index contributed by atoms with van der Waals surface area (Å²) in [5.74, 6) is -1.47. The number of aromatic carboxylic acids is 1. The number of rotatable bonds is 4. The molecule has 0 aliphatic carbocycles. The molecule has 6 heteroatoms. The lowest BCUT2D eigenvalue weighted by Gasteiger charge is -2.10. The van der Waals surface area contributed by atoms with Crippen LogP contribution in [0, 0.1) is 0 Å². The molecule has 98 valence electrons. The van der Waals surface area contributed by atoms with Crippen LogP contribution in [-0.2, 0) is 6.54 Å². The summed E-state index contributed by atoms with van der Waals surface area (Å²) in [5, 5.41) is 21.3. The fourth-order valence-electron chi connectivity index (χ4n) is 1.54. The first-order valence-corrected chi connectivity index (χ1v) is 5.86. The SMILES string of the molecule is O=C(O)c1cc(NCc2ccccc2)c(O)c(Cl)n1. The molecule has 1 heterocycles. The van der Waals surface area contributed by atoms with Crippen LogP contribution in [0.25, 0.3) is 0 Å². The van der Waals surface area contributed by atoms with Crippen LogP contribution < -0.4 is 5.32 Å². The van der Waals surface area contributed by atoms with Crippen molar-refractivity contribution in [3.05, 3.63) is 52.8 Å². The number of anilines is 1. The molecule has 0 saturated carbocycles. The molecule has 0 fully saturated rings. The van der Waals surface area contributed by atoms with Gasteiger partial charge in [-0.25, -0.2) is 9.78 Å². The Labute approximate surface area is 114 Å². The van der Waals surface area contributed by atoms with Gasteiger partial charge in [0.25, 0.3) is 0 Å². The summed E-state index contributed by atoms with van der Waals surface area (Å²) in [7, 11) is 0. The molecule has 5 nitrogen and oxygen atoms in total. The number of hydrogen-bond donors (Lipinski definition) is 3. The van der Waals surface area contributed by atoms with Crippen molar-refractivity contribution >= 4 is 23.3 Å². The van der Waals surface area contributed by atoms with E-state index in [2.05, 4.69) is 10.3 Å². The van der Waals surface area contributed by atoms with Crippen molar-refractivity contribution in [2.24, 2.45) is 0 Å². The third kappa shape index (κ3) is 3.14. The Balaban J connectivity index is 2.22. The fourth-order valence-corrected chi connectivity index (χ4v) is 1.74. The van der Waals surface area contributed by atoms with E-state index in [9.17, 15) is 9.90 Å². The molecule has 3 N–H and O–H groups in total. The first-order chi connectivity index (χ1) is 9.08. The molecule has 0 bridgehead atoms. The normalized spacial score (nSPS) is 10.2. The standard InChI is InChI=1S/C13H11ClN2O3/c14-12-11(17)9(6-10(16-12)13(18)19)15-7-8-4-2-1-3-5-8/h1-6,17H,7H2,(H,15,16)(H,18,19). The number of nitrogens with zero attached hydrogens (tertiary/aromatic N) is 1. The van der Waals surface area contributed by atoms with Crippen molar-refractivity contribution in [1.82, 2.24) is 4.98 Å². The Hall–Kier alpha value is -2.27. The van der Waals surface area contributed by atoms with Crippen molar-refractivity contribution < 1.29 is 15.0 Å². The molecule has 2 aromatic rings. The predicted octanol–water partition coefficient (Wildman–Crippen LogP) is 2.75. The summed E-state index contributed by atoms with van der Waals surface area (Å²) in [4.78, 5) is 14.4. The maximum absolute atomic E-state index is 10.9. The first kappa shape index (κ1) is 13.2. The van der Waals surface area contributed by atoms with Crippen LogP contribution >= 0.6 is 11.6 Å². The topological polar surface area (TPSA) is 82.5 Å². The monoisotopic (exact) mass is 278 g/mol. The summed E-state index contributed by atoms with van der Waals surface area (Å²) in [6.07, 6.45) is 0. The molecule has 1 aromatic heterocycles. The molecular formula is C13H11ClN2O3. The van der Waals surface area contributed by atoms with Crippen LogP contribution in [0.3, 0.4) is 0 Å². The largest absolute Gasteiger partial charge is 0.503 e. The van der Waals surface area contributed by atoms with E-state index in [-0.39, 0.29) is 22.3 Å². The van der Waals surface area contributed by atoms with Gasteiger partial charge in [0.05, 0.1) is 5.69 Å². The molecule has 0 aliphatic heterocycles. The molecule has 0 saturated heterocycles. The Morgan fingerprint density at radius 3 is 2.63 bits per heavy atom. The van der Waals surface area contributed by atoms with E-state index in [0.717, 1.165) is 5.56 Å². The molecular weight excluding hydrogens is 268 g/mol. The van der Waals surface area contributed by atoms with Crippen LogP contribution in [0.4, 0.5) is 5.69 Å². The van der Waals surface area contributed by atoms with Crippen LogP contribution in [0.2, 0.25) is 5.15 Å². The minimum absolute atomic E-state index is 0.224. The quantitative estimate of drug-likeness (QED) is 0.749. The van der Waals surface area contributed by atoms with Gasteiger partial charge >= 0.3 is 5.97 Å². The van der Waals surface area contributed by atoms with Gasteiger partial charge in [-0.1, -0.05) is 41.9 Å². The average Bonchev–Trinajstić information content (AvgIpc) is 2.41. The summed E-state index contributed by atoms with van der Waals surface area (Å²) < 4.78 is 0. The van der Waals surface area contributed by atoms with E-state index in [0.29, 0.717) is 6.54 Å². The lowest BCUT2D eigenvalue weighted by Crippen LogP contribution is -2.05. The summed E-state index contributed by atoms with van der Waals surface area (Å²) >= 11 is 5.68. The van der Waals surface area contributed by atoms with Crippen LogP contribution in [0.1, 0.15) is 16.1 Å². The van der Waals surface area contributed by atoms with Crippen LogP contribution in [0.15, 0.2) is 36.4 Å². The number of aromatic nitrogens is 1. The molecule has 0 unspecified atom stereocenters. The Morgan fingerprint density at radius 2 is 2.00 bits per heavy atom. The number of carboxylic acids is 1. The number of aromatic hydroxyl groups is 1. The number of hydrogen-bond acceptors (Lipinski definition) is 4. The van der Waals surface area contributed by atoms with Gasteiger partial charge in [0.2, 0.25) is 0 Å². The Kier molecular flexibility index (Phi) is 3.87. The highest BCUT2D eigenvalue weighted by atomic mass is 35.5. The highest BCUT2D eigenvalue weighted by Crippen LogP contribution is 2.31. The van der Waals surface area contributed by atoms with Crippen molar-refractivity contribution in [1.29, 1.82) is 0 Å². The van der Waals surface area contributed by atoms with Gasteiger partial charge in [0.15, 0.2) is 16.6 Å². The zero-order valence-electron chi connectivity index (χ0n) is 9.80. The number of carboxylic acid groups (broad SMARTS) is 1. The molecule has 0 atom stereocenters. The highest BCUT2D eigenvalue weighted by Gasteiger charge is 2.14. The van der Waals surface area contributed by atoms with E-state index in [1.165, 1.54) is 6.07 Å². The van der Waals surface area contributed by atoms with Gasteiger partial charge in [-0.15, -0.1) is 0 Å². The molecule has 0 spiro atoms. The summed E-state index contributed by atoms with van der Waals surface area (Å²) in [6.45, 7) is 0.438. The smallest absolute Gasteiger partial charge is 0.354 e. The summed E-state index contributed by atoms with van der Waals surface area (Å²) in [6, 6.07) is 10.7. The van der Waals surface area contributed by atoms with Gasteiger partial charge in [0.1, 0.15) is 0 Å². The Morgan fingerprint density at radius 1 is 1.32 bits per heavy atom. The van der Waals surface area contributed by atoms with Crippen molar-refractivity contribution in [3.8, 4) is 5.75 Å². The van der Waals surface area contributed by atoms with Gasteiger partial charge in [-0.3, -0.25) is 0 Å². The lowest BCUT2D eigenvalue weighted by molar-refractivity contribution is 0.0690.